The molecule has 188 valence electrons. The number of benzene rings is 1. The summed E-state index contributed by atoms with van der Waals surface area (Å²) < 4.78 is 41.4. The second kappa shape index (κ2) is 9.24. The number of pyridine rings is 1. The van der Waals surface area contributed by atoms with E-state index >= 15 is 0 Å². The van der Waals surface area contributed by atoms with Crippen LogP contribution >= 0.6 is 11.6 Å². The third-order valence-electron chi connectivity index (χ3n) is 6.69. The van der Waals surface area contributed by atoms with E-state index in [9.17, 15) is 22.8 Å². The molecule has 1 saturated carbocycles. The Morgan fingerprint density at radius 1 is 1.11 bits per heavy atom. The Labute approximate surface area is 210 Å². The maximum absolute atomic E-state index is 13.5. The molecule has 11 heteroatoms. The number of amides is 2. The lowest BCUT2D eigenvalue weighted by Crippen LogP contribution is -2.52. The minimum absolute atomic E-state index is 0.0324. The molecular weight excluding hydrogens is 495 g/mol. The Hall–Kier alpha value is -3.40. The molecule has 2 aliphatic rings. The summed E-state index contributed by atoms with van der Waals surface area (Å²) >= 11 is 6.16. The van der Waals surface area contributed by atoms with Gasteiger partial charge < -0.3 is 10.6 Å². The van der Waals surface area contributed by atoms with Crippen LogP contribution in [-0.2, 0) is 17.4 Å². The van der Waals surface area contributed by atoms with Crippen LogP contribution in [0.2, 0.25) is 5.02 Å². The number of hydrogen-bond donors (Lipinski definition) is 2. The Kier molecular flexibility index (Phi) is 6.23. The first-order valence-electron chi connectivity index (χ1n) is 11.6. The molecule has 2 N–H and O–H groups in total. The summed E-state index contributed by atoms with van der Waals surface area (Å²) in [5, 5.41) is 9.47. The van der Waals surface area contributed by atoms with Crippen molar-refractivity contribution in [1.29, 1.82) is 0 Å². The molecule has 3 aromatic rings. The molecule has 2 heterocycles. The number of carbonyl (C=O) groups is 2. The lowest BCUT2D eigenvalue weighted by Gasteiger charge is -2.37. The number of nitrogens with zero attached hydrogens (tertiary/aromatic N) is 3. The maximum atomic E-state index is 13.5. The summed E-state index contributed by atoms with van der Waals surface area (Å²) in [6.07, 6.45) is -1.22. The van der Waals surface area contributed by atoms with E-state index in [1.54, 1.807) is 0 Å². The van der Waals surface area contributed by atoms with Crippen molar-refractivity contribution in [2.75, 3.05) is 0 Å². The van der Waals surface area contributed by atoms with Gasteiger partial charge in [-0.25, -0.2) is 9.67 Å². The van der Waals surface area contributed by atoms with Crippen LogP contribution in [0.15, 0.2) is 48.7 Å². The van der Waals surface area contributed by atoms with Crippen molar-refractivity contribution in [2.24, 2.45) is 5.92 Å². The predicted octanol–water partition coefficient (Wildman–Crippen LogP) is 4.29. The molecule has 36 heavy (non-hydrogen) atoms. The summed E-state index contributed by atoms with van der Waals surface area (Å²) in [6.45, 7) is 1.90. The van der Waals surface area contributed by atoms with E-state index in [0.29, 0.717) is 12.5 Å². The molecule has 1 unspecified atom stereocenters. The number of carbonyl (C=O) groups excluding carboxylic acids is 2. The fourth-order valence-corrected chi connectivity index (χ4v) is 4.89. The molecule has 1 fully saturated rings. The third-order valence-corrected chi connectivity index (χ3v) is 6.98. The molecule has 7 nitrogen and oxygen atoms in total. The smallest absolute Gasteiger partial charge is 0.353 e. The van der Waals surface area contributed by atoms with Gasteiger partial charge in [0.1, 0.15) is 5.69 Å². The number of aromatic nitrogens is 3. The van der Waals surface area contributed by atoms with E-state index in [-0.39, 0.29) is 34.4 Å². The van der Waals surface area contributed by atoms with Gasteiger partial charge in [-0.15, -0.1) is 0 Å². The minimum atomic E-state index is -4.79. The molecule has 2 aromatic heterocycles. The zero-order chi connectivity index (χ0) is 25.6. The topological polar surface area (TPSA) is 88.9 Å². The highest BCUT2D eigenvalue weighted by Crippen LogP contribution is 2.36. The number of alkyl halides is 3. The van der Waals surface area contributed by atoms with Gasteiger partial charge in [-0.1, -0.05) is 42.8 Å². The van der Waals surface area contributed by atoms with Gasteiger partial charge in [-0.3, -0.25) is 9.59 Å². The largest absolute Gasteiger partial charge is 0.435 e. The van der Waals surface area contributed by atoms with Crippen LogP contribution in [0.1, 0.15) is 53.0 Å². The first-order chi connectivity index (χ1) is 17.1. The number of fused-ring (bicyclic) bond motifs is 1. The van der Waals surface area contributed by atoms with Crippen molar-refractivity contribution >= 4 is 23.4 Å². The van der Waals surface area contributed by atoms with Crippen molar-refractivity contribution in [3.05, 3.63) is 76.2 Å². The summed E-state index contributed by atoms with van der Waals surface area (Å²) in [7, 11) is 0. The lowest BCUT2D eigenvalue weighted by molar-refractivity contribution is -0.141. The number of rotatable bonds is 5. The second-order valence-electron chi connectivity index (χ2n) is 9.21. The molecule has 1 aromatic carbocycles. The van der Waals surface area contributed by atoms with Crippen molar-refractivity contribution in [3.8, 4) is 5.82 Å². The quantitative estimate of drug-likeness (QED) is 0.528. The van der Waals surface area contributed by atoms with E-state index in [2.05, 4.69) is 20.7 Å². The molecule has 2 aliphatic carbocycles. The average Bonchev–Trinajstić information content (AvgIpc) is 3.53. The van der Waals surface area contributed by atoms with E-state index in [1.165, 1.54) is 18.3 Å². The number of halogens is 4. The summed E-state index contributed by atoms with van der Waals surface area (Å²) in [6, 6.07) is 10.8. The number of hydrogen-bond acceptors (Lipinski definition) is 4. The van der Waals surface area contributed by atoms with E-state index in [0.717, 1.165) is 28.7 Å². The van der Waals surface area contributed by atoms with Gasteiger partial charge in [0.15, 0.2) is 11.5 Å². The SMILES string of the molecule is CC1c2ccccc2C[C@H](C(=O)NC2CC2)[C@@H]1NC(=O)c1cc(C(F)(F)F)nn1-c1ncccc1Cl. The Morgan fingerprint density at radius 2 is 1.86 bits per heavy atom. The van der Waals surface area contributed by atoms with Gasteiger partial charge in [-0.05, 0) is 42.5 Å². The van der Waals surface area contributed by atoms with Crippen LogP contribution < -0.4 is 10.6 Å². The molecule has 0 saturated heterocycles. The monoisotopic (exact) mass is 517 g/mol. The molecule has 0 aliphatic heterocycles. The highest BCUT2D eigenvalue weighted by Gasteiger charge is 2.42. The van der Waals surface area contributed by atoms with Crippen molar-refractivity contribution in [1.82, 2.24) is 25.4 Å². The van der Waals surface area contributed by atoms with Gasteiger partial charge >= 0.3 is 6.18 Å². The summed E-state index contributed by atoms with van der Waals surface area (Å²) in [5.41, 5.74) is 0.362. The molecule has 3 atom stereocenters. The molecule has 0 radical (unpaired) electrons. The minimum Gasteiger partial charge on any atom is -0.353 e. The lowest BCUT2D eigenvalue weighted by atomic mass is 9.73. The highest BCUT2D eigenvalue weighted by molar-refractivity contribution is 6.32. The van der Waals surface area contributed by atoms with E-state index < -0.39 is 29.7 Å². The van der Waals surface area contributed by atoms with Crippen molar-refractivity contribution in [3.63, 3.8) is 0 Å². The second-order valence-corrected chi connectivity index (χ2v) is 9.62. The van der Waals surface area contributed by atoms with Gasteiger partial charge in [-0.2, -0.15) is 18.3 Å². The highest BCUT2D eigenvalue weighted by atomic mass is 35.5. The van der Waals surface area contributed by atoms with Crippen LogP contribution in [0, 0.1) is 5.92 Å². The van der Waals surface area contributed by atoms with Crippen LogP contribution in [0.4, 0.5) is 13.2 Å². The number of nitrogens with one attached hydrogen (secondary N) is 2. The average molecular weight is 518 g/mol. The molecule has 0 bridgehead atoms. The van der Waals surface area contributed by atoms with Crippen molar-refractivity contribution < 1.29 is 22.8 Å². The molecule has 2 amide bonds. The van der Waals surface area contributed by atoms with E-state index in [4.69, 9.17) is 11.6 Å². The zero-order valence-corrected chi connectivity index (χ0v) is 20.0. The van der Waals surface area contributed by atoms with Crippen LogP contribution in [0.3, 0.4) is 0 Å². The van der Waals surface area contributed by atoms with Gasteiger partial charge in [0.2, 0.25) is 5.91 Å². The first kappa shape index (κ1) is 24.3. The molecule has 5 rings (SSSR count). The third kappa shape index (κ3) is 4.69. The molecule has 0 spiro atoms. The Morgan fingerprint density at radius 3 is 2.56 bits per heavy atom. The van der Waals surface area contributed by atoms with Gasteiger partial charge in [0, 0.05) is 30.3 Å². The fourth-order valence-electron chi connectivity index (χ4n) is 4.69. The van der Waals surface area contributed by atoms with Crippen LogP contribution in [-0.4, -0.2) is 38.7 Å². The van der Waals surface area contributed by atoms with Gasteiger partial charge in [0.05, 0.1) is 10.9 Å². The normalized spacial score (nSPS) is 21.5. The Bertz CT molecular complexity index is 1320. The fraction of sp³-hybridized carbons (Fsp3) is 0.360. The maximum Gasteiger partial charge on any atom is 0.435 e. The summed E-state index contributed by atoms with van der Waals surface area (Å²) in [5.74, 6) is -1.94. The summed E-state index contributed by atoms with van der Waals surface area (Å²) in [4.78, 5) is 30.6. The Balaban J connectivity index is 1.51. The first-order valence-corrected chi connectivity index (χ1v) is 12.0. The molecular formula is C25H23ClF3N5O2. The zero-order valence-electron chi connectivity index (χ0n) is 19.2. The van der Waals surface area contributed by atoms with E-state index in [1.807, 2.05) is 31.2 Å². The van der Waals surface area contributed by atoms with Gasteiger partial charge in [0.25, 0.3) is 5.91 Å². The van der Waals surface area contributed by atoms with Crippen LogP contribution in [0.5, 0.6) is 0 Å². The van der Waals surface area contributed by atoms with Crippen LogP contribution in [0.25, 0.3) is 5.82 Å². The van der Waals surface area contributed by atoms with Crippen molar-refractivity contribution in [2.45, 2.75) is 50.4 Å². The predicted molar refractivity (Wildman–Crippen MR) is 126 cm³/mol. The standard InChI is InChI=1S/C25H23ClF3N5O2/c1-13-16-6-3-2-5-14(16)11-17(23(35)31-15-8-9-15)21(13)32-24(36)19-12-20(25(27,28)29)33-34(19)22-18(26)7-4-10-30-22/h2-7,10,12-13,15,17,21H,8-9,11H2,1H3,(H,31,35)(H,32,36)/t13?,17-,21+/m0/s1.